The van der Waals surface area contributed by atoms with Gasteiger partial charge in [-0.05, 0) is 93.2 Å². The van der Waals surface area contributed by atoms with E-state index in [1.54, 1.807) is 0 Å². The van der Waals surface area contributed by atoms with Crippen molar-refractivity contribution in [2.75, 3.05) is 0 Å². The molecule has 2 nitrogen and oxygen atoms in total. The van der Waals surface area contributed by atoms with Gasteiger partial charge in [0.15, 0.2) is 0 Å². The molecule has 4 fully saturated rings. The van der Waals surface area contributed by atoms with Gasteiger partial charge in [-0.15, -0.1) is 0 Å². The highest BCUT2D eigenvalue weighted by molar-refractivity contribution is 5.15. The van der Waals surface area contributed by atoms with Gasteiger partial charge in [0.25, 0.3) is 0 Å². The first-order chi connectivity index (χ1) is 10.1. The fourth-order valence-electron chi connectivity index (χ4n) is 6.01. The van der Waals surface area contributed by atoms with E-state index in [9.17, 15) is 0 Å². The number of hydrogen-bond acceptors (Lipinski definition) is 2. The van der Waals surface area contributed by atoms with Crippen LogP contribution in [0, 0.1) is 23.2 Å². The molecule has 1 aromatic rings. The summed E-state index contributed by atoms with van der Waals surface area (Å²) in [5.74, 6) is 3.12. The molecule has 21 heavy (non-hydrogen) atoms. The van der Waals surface area contributed by atoms with Gasteiger partial charge in [0, 0.05) is 24.5 Å². The van der Waals surface area contributed by atoms with Crippen LogP contribution in [0.1, 0.15) is 64.0 Å². The van der Waals surface area contributed by atoms with Crippen molar-refractivity contribution in [3.8, 4) is 0 Å². The monoisotopic (exact) mass is 284 g/mol. The number of hydrogen-bond donors (Lipinski definition) is 1. The zero-order valence-corrected chi connectivity index (χ0v) is 13.4. The van der Waals surface area contributed by atoms with Gasteiger partial charge >= 0.3 is 0 Å². The van der Waals surface area contributed by atoms with E-state index in [2.05, 4.69) is 36.3 Å². The van der Waals surface area contributed by atoms with Crippen LogP contribution in [0.2, 0.25) is 0 Å². The summed E-state index contributed by atoms with van der Waals surface area (Å²) in [5.41, 5.74) is 1.96. The number of rotatable bonds is 4. The Hall–Kier alpha value is -0.890. The van der Waals surface area contributed by atoms with E-state index in [0.29, 0.717) is 17.5 Å². The Morgan fingerprint density at radius 1 is 1.00 bits per heavy atom. The minimum atomic E-state index is 0.427. The predicted octanol–water partition coefficient (Wildman–Crippen LogP) is 4.34. The summed E-state index contributed by atoms with van der Waals surface area (Å²) < 4.78 is 0. The van der Waals surface area contributed by atoms with Gasteiger partial charge < -0.3 is 5.32 Å². The van der Waals surface area contributed by atoms with Crippen LogP contribution < -0.4 is 5.32 Å². The molecular formula is C19H28N2. The van der Waals surface area contributed by atoms with Crippen molar-refractivity contribution in [2.24, 2.45) is 23.2 Å². The Morgan fingerprint density at radius 2 is 1.52 bits per heavy atom. The van der Waals surface area contributed by atoms with E-state index >= 15 is 0 Å². The minimum Gasteiger partial charge on any atom is -0.307 e. The molecule has 2 unspecified atom stereocenters. The zero-order valence-electron chi connectivity index (χ0n) is 13.4. The highest BCUT2D eigenvalue weighted by Gasteiger charge is 2.53. The van der Waals surface area contributed by atoms with E-state index < -0.39 is 0 Å². The van der Waals surface area contributed by atoms with Crippen LogP contribution in [0.4, 0.5) is 0 Å². The van der Waals surface area contributed by atoms with Gasteiger partial charge in [-0.3, -0.25) is 4.98 Å². The molecule has 2 atom stereocenters. The topological polar surface area (TPSA) is 24.9 Å². The maximum Gasteiger partial charge on any atom is 0.0295 e. The second-order valence-electron chi connectivity index (χ2n) is 8.17. The van der Waals surface area contributed by atoms with Crippen LogP contribution in [0.15, 0.2) is 24.5 Å². The van der Waals surface area contributed by atoms with Crippen LogP contribution in [0.3, 0.4) is 0 Å². The van der Waals surface area contributed by atoms with Crippen molar-refractivity contribution in [1.29, 1.82) is 0 Å². The third kappa shape index (κ3) is 2.42. The Morgan fingerprint density at radius 3 is 2.05 bits per heavy atom. The van der Waals surface area contributed by atoms with Crippen LogP contribution in [-0.4, -0.2) is 11.0 Å². The summed E-state index contributed by atoms with van der Waals surface area (Å²) in [7, 11) is 0. The Kier molecular flexibility index (Phi) is 3.33. The van der Waals surface area contributed by atoms with Crippen LogP contribution >= 0.6 is 0 Å². The number of aromatic nitrogens is 1. The first-order valence-corrected chi connectivity index (χ1v) is 8.80. The lowest BCUT2D eigenvalue weighted by molar-refractivity contribution is -0.0719. The summed E-state index contributed by atoms with van der Waals surface area (Å²) >= 11 is 0. The van der Waals surface area contributed by atoms with Gasteiger partial charge in [0.1, 0.15) is 0 Å². The maximum absolute atomic E-state index is 4.13. The van der Waals surface area contributed by atoms with Gasteiger partial charge in [-0.2, -0.15) is 0 Å². The molecule has 4 saturated carbocycles. The molecule has 4 bridgehead atoms. The second kappa shape index (κ2) is 5.08. The smallest absolute Gasteiger partial charge is 0.0295 e. The quantitative estimate of drug-likeness (QED) is 0.889. The van der Waals surface area contributed by atoms with Crippen LogP contribution in [0.25, 0.3) is 0 Å². The SMILES string of the molecule is CC(NC(C)C12CC3CC(CC(C3)C1)C2)c1ccncc1. The van der Waals surface area contributed by atoms with Gasteiger partial charge in [-0.1, -0.05) is 0 Å². The fourth-order valence-corrected chi connectivity index (χ4v) is 6.01. The molecule has 0 radical (unpaired) electrons. The predicted molar refractivity (Wildman–Crippen MR) is 85.9 cm³/mol. The summed E-state index contributed by atoms with van der Waals surface area (Å²) in [4.78, 5) is 4.13. The van der Waals surface area contributed by atoms with Crippen molar-refractivity contribution >= 4 is 0 Å². The average Bonchev–Trinajstić information content (AvgIpc) is 2.46. The Labute approximate surface area is 128 Å². The van der Waals surface area contributed by atoms with Crippen molar-refractivity contribution in [1.82, 2.24) is 10.3 Å². The lowest BCUT2D eigenvalue weighted by Crippen LogP contribution is -2.55. The maximum atomic E-state index is 4.13. The average molecular weight is 284 g/mol. The Balaban J connectivity index is 1.49. The largest absolute Gasteiger partial charge is 0.307 e. The van der Waals surface area contributed by atoms with Crippen molar-refractivity contribution in [3.63, 3.8) is 0 Å². The normalized spacial score (nSPS) is 40.2. The van der Waals surface area contributed by atoms with E-state index in [4.69, 9.17) is 0 Å². The summed E-state index contributed by atoms with van der Waals surface area (Å²) in [5, 5.41) is 3.93. The molecular weight excluding hydrogens is 256 g/mol. The van der Waals surface area contributed by atoms with Crippen molar-refractivity contribution < 1.29 is 0 Å². The minimum absolute atomic E-state index is 0.427. The summed E-state index contributed by atoms with van der Waals surface area (Å²) in [6, 6.07) is 5.35. The molecule has 5 rings (SSSR count). The van der Waals surface area contributed by atoms with Crippen molar-refractivity contribution in [3.05, 3.63) is 30.1 Å². The molecule has 0 spiro atoms. The standard InChI is InChI=1S/C19H28N2/c1-13(18-3-5-20-6-4-18)21-14(2)19-10-15-7-16(11-19)9-17(8-15)12-19/h3-6,13-17,21H,7-12H2,1-2H3. The first kappa shape index (κ1) is 13.8. The number of pyridine rings is 1. The molecule has 0 aromatic carbocycles. The lowest BCUT2D eigenvalue weighted by atomic mass is 9.48. The zero-order chi connectivity index (χ0) is 14.4. The van der Waals surface area contributed by atoms with Gasteiger partial charge in [0.05, 0.1) is 0 Å². The lowest BCUT2D eigenvalue weighted by Gasteiger charge is -2.59. The molecule has 0 aliphatic heterocycles. The molecule has 1 aromatic heterocycles. The fraction of sp³-hybridized carbons (Fsp3) is 0.737. The molecule has 1 heterocycles. The first-order valence-electron chi connectivity index (χ1n) is 8.80. The third-order valence-corrected chi connectivity index (χ3v) is 6.71. The van der Waals surface area contributed by atoms with E-state index in [0.717, 1.165) is 17.8 Å². The Bertz CT molecular complexity index is 460. The second-order valence-corrected chi connectivity index (χ2v) is 8.17. The molecule has 0 amide bonds. The number of nitrogens with zero attached hydrogens (tertiary/aromatic N) is 1. The van der Waals surface area contributed by atoms with Crippen LogP contribution in [0.5, 0.6) is 0 Å². The highest BCUT2D eigenvalue weighted by atomic mass is 15.0. The van der Waals surface area contributed by atoms with Gasteiger partial charge in [0.2, 0.25) is 0 Å². The summed E-state index contributed by atoms with van der Waals surface area (Å²) in [6.45, 7) is 4.75. The van der Waals surface area contributed by atoms with Crippen LogP contribution in [-0.2, 0) is 0 Å². The number of nitrogens with one attached hydrogen (secondary N) is 1. The molecule has 4 aliphatic rings. The van der Waals surface area contributed by atoms with Gasteiger partial charge in [-0.25, -0.2) is 0 Å². The van der Waals surface area contributed by atoms with Crippen molar-refractivity contribution in [2.45, 2.75) is 64.5 Å². The molecule has 0 saturated heterocycles. The molecule has 1 N–H and O–H groups in total. The summed E-state index contributed by atoms with van der Waals surface area (Å²) in [6.07, 6.45) is 12.9. The van der Waals surface area contributed by atoms with E-state index in [1.165, 1.54) is 44.1 Å². The molecule has 2 heteroatoms. The highest BCUT2D eigenvalue weighted by Crippen LogP contribution is 2.61. The third-order valence-electron chi connectivity index (χ3n) is 6.71. The molecule has 4 aliphatic carbocycles. The van der Waals surface area contributed by atoms with E-state index in [-0.39, 0.29) is 0 Å². The van der Waals surface area contributed by atoms with E-state index in [1.807, 2.05) is 12.4 Å². The molecule has 114 valence electrons.